The topological polar surface area (TPSA) is 50.8 Å². The molecule has 5 heteroatoms. The molecule has 0 radical (unpaired) electrons. The maximum absolute atomic E-state index is 12.1. The van der Waals surface area contributed by atoms with Gasteiger partial charge in [-0.1, -0.05) is 0 Å². The van der Waals surface area contributed by atoms with E-state index in [4.69, 9.17) is 9.47 Å². The third kappa shape index (κ3) is 2.59. The van der Waals surface area contributed by atoms with Gasteiger partial charge in [-0.05, 0) is 31.9 Å². The van der Waals surface area contributed by atoms with Crippen molar-refractivity contribution < 1.29 is 14.3 Å². The number of fused-ring (bicyclic) bond motifs is 1. The SMILES string of the molecule is CCN(C(=O)CNc1ccc2c(c1)OCO2)C1CC1. The van der Waals surface area contributed by atoms with Gasteiger partial charge in [0.25, 0.3) is 0 Å². The van der Waals surface area contributed by atoms with E-state index in [0.29, 0.717) is 12.6 Å². The highest BCUT2D eigenvalue weighted by Gasteiger charge is 2.30. The quantitative estimate of drug-likeness (QED) is 0.879. The Kier molecular flexibility index (Phi) is 3.19. The van der Waals surface area contributed by atoms with Crippen LogP contribution in [-0.2, 0) is 4.79 Å². The van der Waals surface area contributed by atoms with E-state index in [-0.39, 0.29) is 12.7 Å². The predicted octanol–water partition coefficient (Wildman–Crippen LogP) is 1.84. The Balaban J connectivity index is 1.58. The summed E-state index contributed by atoms with van der Waals surface area (Å²) >= 11 is 0. The van der Waals surface area contributed by atoms with Crippen molar-refractivity contribution in [2.45, 2.75) is 25.8 Å². The van der Waals surface area contributed by atoms with Crippen LogP contribution >= 0.6 is 0 Å². The summed E-state index contributed by atoms with van der Waals surface area (Å²) in [6.45, 7) is 3.40. The van der Waals surface area contributed by atoms with Crippen LogP contribution in [0.4, 0.5) is 5.69 Å². The smallest absolute Gasteiger partial charge is 0.242 e. The largest absolute Gasteiger partial charge is 0.454 e. The lowest BCUT2D eigenvalue weighted by atomic mass is 10.2. The third-order valence-electron chi connectivity index (χ3n) is 3.46. The van der Waals surface area contributed by atoms with Gasteiger partial charge in [0.1, 0.15) is 0 Å². The molecule has 0 aromatic heterocycles. The van der Waals surface area contributed by atoms with Crippen molar-refractivity contribution in [2.24, 2.45) is 0 Å². The molecule has 0 saturated heterocycles. The highest BCUT2D eigenvalue weighted by molar-refractivity contribution is 5.81. The van der Waals surface area contributed by atoms with Crippen molar-refractivity contribution in [1.82, 2.24) is 4.90 Å². The van der Waals surface area contributed by atoms with Crippen molar-refractivity contribution in [3.63, 3.8) is 0 Å². The number of rotatable bonds is 5. The van der Waals surface area contributed by atoms with Crippen LogP contribution in [0.1, 0.15) is 19.8 Å². The van der Waals surface area contributed by atoms with E-state index in [1.807, 2.05) is 30.0 Å². The lowest BCUT2D eigenvalue weighted by Gasteiger charge is -2.20. The standard InChI is InChI=1S/C14H18N2O3/c1-2-16(11-4-5-11)14(17)8-15-10-3-6-12-13(7-10)19-9-18-12/h3,6-7,11,15H,2,4-5,8-9H2,1H3. The number of ether oxygens (including phenoxy) is 2. The van der Waals surface area contributed by atoms with Crippen LogP contribution in [0.3, 0.4) is 0 Å². The van der Waals surface area contributed by atoms with Crippen LogP contribution in [0, 0.1) is 0 Å². The van der Waals surface area contributed by atoms with E-state index in [1.165, 1.54) is 0 Å². The van der Waals surface area contributed by atoms with E-state index in [0.717, 1.165) is 36.6 Å². The molecule has 0 spiro atoms. The molecule has 1 heterocycles. The van der Waals surface area contributed by atoms with Gasteiger partial charge in [-0.2, -0.15) is 0 Å². The zero-order chi connectivity index (χ0) is 13.2. The molecular formula is C14H18N2O3. The fourth-order valence-electron chi connectivity index (χ4n) is 2.31. The molecule has 2 aliphatic rings. The first-order valence-corrected chi connectivity index (χ1v) is 6.71. The molecule has 0 bridgehead atoms. The summed E-state index contributed by atoms with van der Waals surface area (Å²) in [5, 5.41) is 3.14. The molecule has 1 aromatic rings. The number of nitrogens with one attached hydrogen (secondary N) is 1. The van der Waals surface area contributed by atoms with Gasteiger partial charge in [0, 0.05) is 24.3 Å². The summed E-state index contributed by atoms with van der Waals surface area (Å²) in [5.74, 6) is 1.64. The fraction of sp³-hybridized carbons (Fsp3) is 0.500. The van der Waals surface area contributed by atoms with Gasteiger partial charge in [-0.25, -0.2) is 0 Å². The second kappa shape index (κ2) is 4.99. The van der Waals surface area contributed by atoms with Crippen LogP contribution in [-0.4, -0.2) is 36.7 Å². The van der Waals surface area contributed by atoms with Crippen LogP contribution in [0.2, 0.25) is 0 Å². The van der Waals surface area contributed by atoms with Crippen LogP contribution in [0.25, 0.3) is 0 Å². The average molecular weight is 262 g/mol. The van der Waals surface area contributed by atoms with Gasteiger partial charge in [-0.15, -0.1) is 0 Å². The first kappa shape index (κ1) is 12.1. The lowest BCUT2D eigenvalue weighted by molar-refractivity contribution is -0.129. The summed E-state index contributed by atoms with van der Waals surface area (Å²) in [6, 6.07) is 6.08. The first-order valence-electron chi connectivity index (χ1n) is 6.71. The van der Waals surface area contributed by atoms with E-state index in [2.05, 4.69) is 5.32 Å². The molecule has 1 aliphatic heterocycles. The fourth-order valence-corrected chi connectivity index (χ4v) is 2.31. The maximum Gasteiger partial charge on any atom is 0.242 e. The number of hydrogen-bond donors (Lipinski definition) is 1. The number of hydrogen-bond acceptors (Lipinski definition) is 4. The van der Waals surface area contributed by atoms with E-state index in [9.17, 15) is 4.79 Å². The molecule has 3 rings (SSSR count). The molecular weight excluding hydrogens is 244 g/mol. The Bertz CT molecular complexity index is 486. The monoisotopic (exact) mass is 262 g/mol. The molecule has 1 saturated carbocycles. The summed E-state index contributed by atoms with van der Waals surface area (Å²) < 4.78 is 10.6. The molecule has 1 aliphatic carbocycles. The van der Waals surface area contributed by atoms with Crippen molar-refractivity contribution in [3.05, 3.63) is 18.2 Å². The second-order valence-corrected chi connectivity index (χ2v) is 4.83. The molecule has 19 heavy (non-hydrogen) atoms. The van der Waals surface area contributed by atoms with Gasteiger partial charge in [0.05, 0.1) is 6.54 Å². The molecule has 1 fully saturated rings. The summed E-state index contributed by atoms with van der Waals surface area (Å²) in [7, 11) is 0. The highest BCUT2D eigenvalue weighted by atomic mass is 16.7. The predicted molar refractivity (Wildman–Crippen MR) is 71.5 cm³/mol. The van der Waals surface area contributed by atoms with E-state index >= 15 is 0 Å². The van der Waals surface area contributed by atoms with Crippen molar-refractivity contribution in [1.29, 1.82) is 0 Å². The molecule has 1 amide bonds. The van der Waals surface area contributed by atoms with Crippen LogP contribution < -0.4 is 14.8 Å². The van der Waals surface area contributed by atoms with Gasteiger partial charge in [0.15, 0.2) is 11.5 Å². The number of benzene rings is 1. The average Bonchev–Trinajstić information content (AvgIpc) is 3.14. The number of nitrogens with zero attached hydrogens (tertiary/aromatic N) is 1. The molecule has 1 aromatic carbocycles. The maximum atomic E-state index is 12.1. The minimum absolute atomic E-state index is 0.155. The summed E-state index contributed by atoms with van der Waals surface area (Å²) in [6.07, 6.45) is 2.28. The molecule has 5 nitrogen and oxygen atoms in total. The number of likely N-dealkylation sites (N-methyl/N-ethyl adjacent to an activating group) is 1. The van der Waals surface area contributed by atoms with Gasteiger partial charge in [-0.3, -0.25) is 4.79 Å². The Morgan fingerprint density at radius 2 is 2.16 bits per heavy atom. The molecule has 0 atom stereocenters. The first-order chi connectivity index (χ1) is 9.28. The Labute approximate surface area is 112 Å². The Morgan fingerprint density at radius 3 is 2.89 bits per heavy atom. The highest BCUT2D eigenvalue weighted by Crippen LogP contribution is 2.34. The second-order valence-electron chi connectivity index (χ2n) is 4.83. The number of anilines is 1. The van der Waals surface area contributed by atoms with Crippen molar-refractivity contribution in [3.8, 4) is 11.5 Å². The van der Waals surface area contributed by atoms with Gasteiger partial charge < -0.3 is 19.7 Å². The van der Waals surface area contributed by atoms with Crippen molar-refractivity contribution >= 4 is 11.6 Å². The summed E-state index contributed by atoms with van der Waals surface area (Å²) in [5.41, 5.74) is 0.879. The Morgan fingerprint density at radius 1 is 1.37 bits per heavy atom. The molecule has 1 N–H and O–H groups in total. The van der Waals surface area contributed by atoms with E-state index in [1.54, 1.807) is 0 Å². The normalized spacial score (nSPS) is 16.3. The van der Waals surface area contributed by atoms with Crippen LogP contribution in [0.15, 0.2) is 18.2 Å². The Hall–Kier alpha value is -1.91. The third-order valence-corrected chi connectivity index (χ3v) is 3.46. The van der Waals surface area contributed by atoms with Gasteiger partial charge in [0.2, 0.25) is 12.7 Å². The molecule has 102 valence electrons. The minimum Gasteiger partial charge on any atom is -0.454 e. The number of amides is 1. The zero-order valence-electron chi connectivity index (χ0n) is 11.0. The minimum atomic E-state index is 0.155. The zero-order valence-corrected chi connectivity index (χ0v) is 11.0. The van der Waals surface area contributed by atoms with Crippen LogP contribution in [0.5, 0.6) is 11.5 Å². The van der Waals surface area contributed by atoms with Gasteiger partial charge >= 0.3 is 0 Å². The van der Waals surface area contributed by atoms with E-state index < -0.39 is 0 Å². The number of carbonyl (C=O) groups excluding carboxylic acids is 1. The number of carbonyl (C=O) groups is 1. The molecule has 0 unspecified atom stereocenters. The van der Waals surface area contributed by atoms with Crippen molar-refractivity contribution in [2.75, 3.05) is 25.2 Å². The summed E-state index contributed by atoms with van der Waals surface area (Å²) in [4.78, 5) is 14.0. The lowest BCUT2D eigenvalue weighted by Crippen LogP contribution is -2.37.